The Morgan fingerprint density at radius 2 is 1.56 bits per heavy atom. The average molecular weight is 1050 g/mol. The van der Waals surface area contributed by atoms with E-state index in [2.05, 4.69) is 29.4 Å². The highest BCUT2D eigenvalue weighted by Gasteiger charge is 2.50. The Morgan fingerprint density at radius 1 is 0.907 bits per heavy atom. The molecule has 2 aromatic carbocycles. The minimum absolute atomic E-state index is 0.0185. The molecule has 6 aliphatic heterocycles. The number of carbonyl (C=O) groups is 4. The SMILES string of the molecule is CO[C@H]1/C=C/O[C@@]2(C)Oc3c(C)c(O)c4c(O)c(c5c(c4c3C2=O)=NC2(CCN(CC(C)C)CC2)N=5)NC(=O)/C(C)=C\C=C\[C@H](C)[C@H](O)[C@@H](C)[C@@H](O)[C@@H](C)[C@H](OC(=O)CN2CCC(NC(=O)OC(C)(C)C)CC2)[C@@H]1C. The Balaban J connectivity index is 1.25. The van der Waals surface area contributed by atoms with Gasteiger partial charge in [0.25, 0.3) is 11.7 Å². The van der Waals surface area contributed by atoms with Gasteiger partial charge in [0.05, 0.1) is 47.4 Å². The summed E-state index contributed by atoms with van der Waals surface area (Å²) in [5, 5.41) is 54.1. The van der Waals surface area contributed by atoms with Gasteiger partial charge in [-0.1, -0.05) is 59.8 Å². The summed E-state index contributed by atoms with van der Waals surface area (Å²) in [6.45, 7) is 24.6. The number of benzene rings is 2. The van der Waals surface area contributed by atoms with Gasteiger partial charge in [-0.25, -0.2) is 4.79 Å². The van der Waals surface area contributed by atoms with Crippen LogP contribution < -0.4 is 26.1 Å². The van der Waals surface area contributed by atoms with Gasteiger partial charge in [-0.05, 0) is 59.5 Å². The Morgan fingerprint density at radius 3 is 2.19 bits per heavy atom. The van der Waals surface area contributed by atoms with Crippen LogP contribution in [-0.2, 0) is 28.5 Å². The number of amides is 2. The number of alkyl carbamates (subject to hydrolysis) is 1. The molecule has 8 rings (SSSR count). The second-order valence-corrected chi connectivity index (χ2v) is 23.0. The first-order valence-electron chi connectivity index (χ1n) is 26.5. The number of carbonyl (C=O) groups excluding carboxylic acids is 4. The van der Waals surface area contributed by atoms with Crippen LogP contribution in [0.1, 0.15) is 118 Å². The van der Waals surface area contributed by atoms with Crippen LogP contribution in [0.5, 0.6) is 17.2 Å². The lowest BCUT2D eigenvalue weighted by Gasteiger charge is -2.38. The predicted molar refractivity (Wildman–Crippen MR) is 281 cm³/mol. The van der Waals surface area contributed by atoms with Crippen LogP contribution in [0.4, 0.5) is 10.5 Å². The van der Waals surface area contributed by atoms with Crippen LogP contribution in [-0.4, -0.2) is 148 Å². The minimum Gasteiger partial charge on any atom is -0.507 e. The number of aliphatic hydroxyl groups is 2. The largest absolute Gasteiger partial charge is 0.507 e. The number of rotatable bonds is 7. The summed E-state index contributed by atoms with van der Waals surface area (Å²) < 4.78 is 30.3. The van der Waals surface area contributed by atoms with Crippen molar-refractivity contribution in [3.05, 3.63) is 58.0 Å². The van der Waals surface area contributed by atoms with E-state index >= 15 is 0 Å². The van der Waals surface area contributed by atoms with Crippen molar-refractivity contribution < 1.29 is 63.3 Å². The third-order valence-electron chi connectivity index (χ3n) is 15.5. The van der Waals surface area contributed by atoms with Crippen LogP contribution in [0, 0.1) is 36.5 Å². The van der Waals surface area contributed by atoms with Crippen LogP contribution in [0.3, 0.4) is 0 Å². The van der Waals surface area contributed by atoms with E-state index in [-0.39, 0.29) is 68.0 Å². The number of hydrogen-bond acceptors (Lipinski definition) is 17. The molecule has 19 heteroatoms. The lowest BCUT2D eigenvalue weighted by molar-refractivity contribution is -0.164. The molecule has 2 fully saturated rings. The molecule has 9 atom stereocenters. The maximum absolute atomic E-state index is 15.0. The van der Waals surface area contributed by atoms with E-state index in [0.29, 0.717) is 57.8 Å². The number of ketones is 1. The number of phenols is 2. The predicted octanol–water partition coefficient (Wildman–Crippen LogP) is 5.72. The van der Waals surface area contributed by atoms with Crippen molar-refractivity contribution in [2.45, 2.75) is 156 Å². The number of piperidine rings is 2. The average Bonchev–Trinajstić information content (AvgIpc) is 3.85. The van der Waals surface area contributed by atoms with Crippen molar-refractivity contribution in [1.82, 2.24) is 15.1 Å². The zero-order chi connectivity index (χ0) is 55.1. The smallest absolute Gasteiger partial charge is 0.407 e. The Hall–Kier alpha value is -5.60. The first kappa shape index (κ1) is 57.1. The standard InChI is InChI=1S/C56H80N6O13/c1-29(2)27-62-24-20-56(21-25-62)59-42-39-40-47(66)35(8)50-41(39)51(68)55(12,74-50)72-26-19-37(71-13)32(5)49(73-38(63)28-61-22-17-36(18-23-61)57-53(70)75-54(9,10)11)34(7)46(65)33(6)45(64)30(3)15-14-16-31(4)52(69)58-44(48(40)67)43(42)60-56/h14-16,19,26,29-30,32-34,36-37,45-46,49,64-67H,17-18,20-25,27-28H2,1-13H3,(H,57,70)(H,58,69)/b15-14+,26-19+,31-16-/t30-,32+,33+,34+,37-,45-,46+,49+,55-/m0/s1. The Kier molecular flexibility index (Phi) is 17.2. The molecule has 19 nitrogen and oxygen atoms in total. The summed E-state index contributed by atoms with van der Waals surface area (Å²) in [4.78, 5) is 70.1. The van der Waals surface area contributed by atoms with Gasteiger partial charge in [-0.2, -0.15) is 0 Å². The fourth-order valence-electron chi connectivity index (χ4n) is 11.1. The third-order valence-corrected chi connectivity index (χ3v) is 15.5. The highest BCUT2D eigenvalue weighted by Crippen LogP contribution is 2.50. The number of nitrogens with zero attached hydrogens (tertiary/aromatic N) is 4. The van der Waals surface area contributed by atoms with E-state index in [1.54, 1.807) is 86.6 Å². The summed E-state index contributed by atoms with van der Waals surface area (Å²) >= 11 is 0. The van der Waals surface area contributed by atoms with Gasteiger partial charge in [0.2, 0.25) is 0 Å². The number of hydrogen-bond donors (Lipinski definition) is 6. The van der Waals surface area contributed by atoms with Gasteiger partial charge in [-0.15, -0.1) is 0 Å². The lowest BCUT2D eigenvalue weighted by atomic mass is 9.78. The Bertz CT molecular complexity index is 2730. The lowest BCUT2D eigenvalue weighted by Crippen LogP contribution is -2.49. The number of likely N-dealkylation sites (tertiary alicyclic amines) is 2. The number of methoxy groups -OCH3 is 1. The third kappa shape index (κ3) is 12.2. The maximum Gasteiger partial charge on any atom is 0.407 e. The Labute approximate surface area is 440 Å². The number of fused-ring (bicyclic) bond motifs is 13. The number of phenolic OH excluding ortho intramolecular Hbond substituents is 2. The first-order chi connectivity index (χ1) is 35.2. The number of aliphatic hydroxyl groups excluding tert-OH is 2. The fraction of sp³-hybridized carbons (Fsp3) is 0.643. The first-order valence-corrected chi connectivity index (χ1v) is 26.5. The molecule has 2 aromatic rings. The molecule has 0 unspecified atom stereocenters. The number of ether oxygens (including phenoxy) is 5. The molecular weight excluding hydrogens is 965 g/mol. The zero-order valence-electron chi connectivity index (χ0n) is 46.0. The fourth-order valence-corrected chi connectivity index (χ4v) is 11.1. The highest BCUT2D eigenvalue weighted by molar-refractivity contribution is 6.19. The molecule has 2 saturated heterocycles. The topological polar surface area (TPSA) is 251 Å². The molecule has 412 valence electrons. The van der Waals surface area contributed by atoms with Gasteiger partial charge in [-0.3, -0.25) is 29.3 Å². The van der Waals surface area contributed by atoms with Crippen molar-refractivity contribution in [3.63, 3.8) is 0 Å². The van der Waals surface area contributed by atoms with E-state index in [4.69, 9.17) is 33.7 Å². The highest BCUT2D eigenvalue weighted by atomic mass is 16.7. The van der Waals surface area contributed by atoms with E-state index in [0.717, 1.165) is 6.54 Å². The van der Waals surface area contributed by atoms with Crippen LogP contribution in [0.25, 0.3) is 10.8 Å². The van der Waals surface area contributed by atoms with Crippen LogP contribution >= 0.6 is 0 Å². The van der Waals surface area contributed by atoms with Gasteiger partial charge < -0.3 is 59.6 Å². The summed E-state index contributed by atoms with van der Waals surface area (Å²) in [6.07, 6.45) is 5.38. The van der Waals surface area contributed by atoms with Gasteiger partial charge in [0, 0.05) is 106 Å². The van der Waals surface area contributed by atoms with Crippen molar-refractivity contribution >= 4 is 40.2 Å². The van der Waals surface area contributed by atoms with Crippen molar-refractivity contribution in [2.24, 2.45) is 39.6 Å². The number of aromatic hydroxyl groups is 2. The molecule has 1 spiro atoms. The van der Waals surface area contributed by atoms with Gasteiger partial charge in [0.1, 0.15) is 34.2 Å². The second kappa shape index (κ2) is 22.5. The molecule has 0 aliphatic carbocycles. The van der Waals surface area contributed by atoms with E-state index in [1.165, 1.54) is 20.3 Å². The molecule has 2 amide bonds. The van der Waals surface area contributed by atoms with E-state index in [9.17, 15) is 39.6 Å². The molecule has 0 radical (unpaired) electrons. The number of nitrogens with one attached hydrogen (secondary N) is 2. The van der Waals surface area contributed by atoms with E-state index < -0.39 is 94.6 Å². The molecule has 6 heterocycles. The maximum atomic E-state index is 15.0. The number of anilines is 1. The van der Waals surface area contributed by atoms with Crippen molar-refractivity contribution in [1.29, 1.82) is 0 Å². The quantitative estimate of drug-likeness (QED) is 0.143. The number of esters is 1. The summed E-state index contributed by atoms with van der Waals surface area (Å²) in [5.41, 5.74) is -1.30. The van der Waals surface area contributed by atoms with Crippen molar-refractivity contribution in [2.75, 3.05) is 51.7 Å². The van der Waals surface area contributed by atoms with Crippen LogP contribution in [0.2, 0.25) is 0 Å². The summed E-state index contributed by atoms with van der Waals surface area (Å²) in [7, 11) is 1.47. The van der Waals surface area contributed by atoms with Gasteiger partial charge in [0.15, 0.2) is 11.4 Å². The summed E-state index contributed by atoms with van der Waals surface area (Å²) in [5.74, 6) is -6.86. The molecule has 0 saturated carbocycles. The van der Waals surface area contributed by atoms with E-state index in [1.807, 2.05) is 4.90 Å². The molecule has 6 N–H and O–H groups in total. The minimum atomic E-state index is -2.01. The molecule has 5 bridgehead atoms. The second-order valence-electron chi connectivity index (χ2n) is 23.0. The molecule has 75 heavy (non-hydrogen) atoms. The zero-order valence-corrected chi connectivity index (χ0v) is 46.0. The number of Topliss-reactive ketones (excluding diaryl/α,β-unsaturated/α-hetero) is 1. The van der Waals surface area contributed by atoms with Crippen molar-refractivity contribution in [3.8, 4) is 17.2 Å². The van der Waals surface area contributed by atoms with Gasteiger partial charge >= 0.3 is 17.8 Å². The monoisotopic (exact) mass is 1040 g/mol. The van der Waals surface area contributed by atoms with Crippen LogP contribution in [0.15, 0.2) is 46.1 Å². The number of allylic oxidation sites excluding steroid dienone is 2. The summed E-state index contributed by atoms with van der Waals surface area (Å²) in [6, 6.07) is -0.127. The normalized spacial score (nSPS) is 30.6. The molecular formula is C56H80N6O13. The molecule has 6 aliphatic rings. The molecule has 0 aromatic heterocycles.